The number of benzene rings is 1. The highest BCUT2D eigenvalue weighted by Gasteiger charge is 2.21. The maximum Gasteiger partial charge on any atom is 0.305 e. The van der Waals surface area contributed by atoms with Crippen molar-refractivity contribution in [1.29, 1.82) is 0 Å². The van der Waals surface area contributed by atoms with Crippen LogP contribution in [0.2, 0.25) is 0 Å². The average Bonchev–Trinajstić information content (AvgIpc) is 2.39. The largest absolute Gasteiger partial charge is 0.481 e. The van der Waals surface area contributed by atoms with E-state index in [4.69, 9.17) is 5.11 Å². The summed E-state index contributed by atoms with van der Waals surface area (Å²) >= 11 is 0. The second-order valence-electron chi connectivity index (χ2n) is 4.86. The molecule has 0 aliphatic rings. The molecular formula is C14H21NO4S. The van der Waals surface area contributed by atoms with E-state index in [-0.39, 0.29) is 18.7 Å². The molecule has 0 fully saturated rings. The lowest BCUT2D eigenvalue weighted by molar-refractivity contribution is -0.136. The molecule has 5 nitrogen and oxygen atoms in total. The van der Waals surface area contributed by atoms with Gasteiger partial charge in [0.05, 0.1) is 17.9 Å². The quantitative estimate of drug-likeness (QED) is 0.839. The van der Waals surface area contributed by atoms with E-state index >= 15 is 0 Å². The van der Waals surface area contributed by atoms with Crippen LogP contribution in [0.5, 0.6) is 0 Å². The average molecular weight is 299 g/mol. The Morgan fingerprint density at radius 2 is 1.80 bits per heavy atom. The molecule has 0 spiro atoms. The standard InChI is InChI=1S/C14H21NO4S/c1-4-20(18,19)15(10-9-14(16)17)13-7-5-12(6-8-13)11(2)3/h5-8,11H,4,9-10H2,1-3H3,(H,16,17). The van der Waals surface area contributed by atoms with E-state index < -0.39 is 16.0 Å². The molecule has 0 heterocycles. The molecule has 0 radical (unpaired) electrons. The third-order valence-electron chi connectivity index (χ3n) is 3.08. The molecule has 0 atom stereocenters. The number of carbonyl (C=O) groups is 1. The molecule has 1 aromatic carbocycles. The molecular weight excluding hydrogens is 278 g/mol. The van der Waals surface area contributed by atoms with Crippen LogP contribution in [0.3, 0.4) is 0 Å². The molecule has 0 bridgehead atoms. The van der Waals surface area contributed by atoms with Gasteiger partial charge in [-0.2, -0.15) is 0 Å². The third kappa shape index (κ3) is 4.23. The maximum absolute atomic E-state index is 12.1. The smallest absolute Gasteiger partial charge is 0.305 e. The van der Waals surface area contributed by atoms with Crippen molar-refractivity contribution in [2.45, 2.75) is 33.1 Å². The van der Waals surface area contributed by atoms with E-state index in [0.717, 1.165) is 5.56 Å². The fraction of sp³-hybridized carbons (Fsp3) is 0.500. The predicted molar refractivity (Wildman–Crippen MR) is 79.6 cm³/mol. The SMILES string of the molecule is CCS(=O)(=O)N(CCC(=O)O)c1ccc(C(C)C)cc1. The number of carboxylic acids is 1. The van der Waals surface area contributed by atoms with Crippen LogP contribution >= 0.6 is 0 Å². The molecule has 0 aromatic heterocycles. The van der Waals surface area contributed by atoms with Gasteiger partial charge in [0.1, 0.15) is 0 Å². The zero-order chi connectivity index (χ0) is 15.3. The lowest BCUT2D eigenvalue weighted by Gasteiger charge is -2.23. The van der Waals surface area contributed by atoms with Crippen molar-refractivity contribution >= 4 is 21.7 Å². The Morgan fingerprint density at radius 3 is 2.20 bits per heavy atom. The first-order valence-electron chi connectivity index (χ1n) is 6.60. The fourth-order valence-electron chi connectivity index (χ4n) is 1.81. The minimum atomic E-state index is -3.47. The summed E-state index contributed by atoms with van der Waals surface area (Å²) in [6.45, 7) is 5.61. The molecule has 0 aliphatic heterocycles. The molecule has 0 aliphatic carbocycles. The summed E-state index contributed by atoms with van der Waals surface area (Å²) in [6, 6.07) is 7.20. The van der Waals surface area contributed by atoms with Gasteiger partial charge in [-0.05, 0) is 30.5 Å². The highest BCUT2D eigenvalue weighted by molar-refractivity contribution is 7.92. The van der Waals surface area contributed by atoms with Crippen molar-refractivity contribution in [2.75, 3.05) is 16.6 Å². The van der Waals surface area contributed by atoms with Crippen molar-refractivity contribution in [3.05, 3.63) is 29.8 Å². The van der Waals surface area contributed by atoms with Gasteiger partial charge in [0, 0.05) is 6.54 Å². The zero-order valence-electron chi connectivity index (χ0n) is 12.0. The summed E-state index contributed by atoms with van der Waals surface area (Å²) in [5.74, 6) is -0.710. The highest BCUT2D eigenvalue weighted by Crippen LogP contribution is 2.22. The highest BCUT2D eigenvalue weighted by atomic mass is 32.2. The van der Waals surface area contributed by atoms with Crippen LogP contribution in [0.15, 0.2) is 24.3 Å². The summed E-state index contributed by atoms with van der Waals surface area (Å²) in [4.78, 5) is 10.7. The van der Waals surface area contributed by atoms with Gasteiger partial charge in [0.15, 0.2) is 0 Å². The van der Waals surface area contributed by atoms with Gasteiger partial charge in [0.25, 0.3) is 0 Å². The molecule has 20 heavy (non-hydrogen) atoms. The van der Waals surface area contributed by atoms with Crippen LogP contribution in [0, 0.1) is 0 Å². The molecule has 0 unspecified atom stereocenters. The number of aliphatic carboxylic acids is 1. The van der Waals surface area contributed by atoms with Crippen LogP contribution < -0.4 is 4.31 Å². The van der Waals surface area contributed by atoms with Crippen molar-refractivity contribution in [3.8, 4) is 0 Å². The summed E-state index contributed by atoms with van der Waals surface area (Å²) in [5, 5.41) is 8.74. The molecule has 1 aromatic rings. The number of sulfonamides is 1. The van der Waals surface area contributed by atoms with E-state index in [9.17, 15) is 13.2 Å². The Balaban J connectivity index is 3.07. The second kappa shape index (κ2) is 6.74. The zero-order valence-corrected chi connectivity index (χ0v) is 12.9. The predicted octanol–water partition coefficient (Wildman–Crippen LogP) is 2.44. The molecule has 6 heteroatoms. The van der Waals surface area contributed by atoms with Gasteiger partial charge >= 0.3 is 5.97 Å². The van der Waals surface area contributed by atoms with E-state index in [1.54, 1.807) is 19.1 Å². The maximum atomic E-state index is 12.1. The van der Waals surface area contributed by atoms with E-state index in [1.807, 2.05) is 12.1 Å². The summed E-state index contributed by atoms with van der Waals surface area (Å²) in [5.41, 5.74) is 1.62. The van der Waals surface area contributed by atoms with Crippen LogP contribution in [0.4, 0.5) is 5.69 Å². The molecule has 0 saturated heterocycles. The first kappa shape index (κ1) is 16.5. The number of carboxylic acid groups (broad SMARTS) is 1. The van der Waals surface area contributed by atoms with Gasteiger partial charge in [-0.25, -0.2) is 8.42 Å². The molecule has 1 N–H and O–H groups in total. The van der Waals surface area contributed by atoms with Gasteiger partial charge in [-0.15, -0.1) is 0 Å². The Kier molecular flexibility index (Phi) is 5.56. The van der Waals surface area contributed by atoms with E-state index in [0.29, 0.717) is 11.6 Å². The lowest BCUT2D eigenvalue weighted by atomic mass is 10.0. The van der Waals surface area contributed by atoms with Crippen molar-refractivity contribution in [2.24, 2.45) is 0 Å². The minimum Gasteiger partial charge on any atom is -0.481 e. The van der Waals surface area contributed by atoms with Gasteiger partial charge in [-0.3, -0.25) is 9.10 Å². The second-order valence-corrected chi connectivity index (χ2v) is 7.04. The van der Waals surface area contributed by atoms with Crippen LogP contribution in [0.25, 0.3) is 0 Å². The monoisotopic (exact) mass is 299 g/mol. The van der Waals surface area contributed by atoms with Crippen molar-refractivity contribution in [3.63, 3.8) is 0 Å². The van der Waals surface area contributed by atoms with Crippen molar-refractivity contribution < 1.29 is 18.3 Å². The van der Waals surface area contributed by atoms with E-state index in [2.05, 4.69) is 13.8 Å². The van der Waals surface area contributed by atoms with Crippen molar-refractivity contribution in [1.82, 2.24) is 0 Å². The number of nitrogens with zero attached hydrogens (tertiary/aromatic N) is 1. The molecule has 1 rings (SSSR count). The van der Waals surface area contributed by atoms with Gasteiger partial charge in [0.2, 0.25) is 10.0 Å². The van der Waals surface area contributed by atoms with Crippen LogP contribution in [-0.2, 0) is 14.8 Å². The van der Waals surface area contributed by atoms with Crippen LogP contribution in [0.1, 0.15) is 38.7 Å². The Morgan fingerprint density at radius 1 is 1.25 bits per heavy atom. The molecule has 0 amide bonds. The number of hydrogen-bond donors (Lipinski definition) is 1. The molecule has 0 saturated carbocycles. The number of hydrogen-bond acceptors (Lipinski definition) is 3. The topological polar surface area (TPSA) is 74.7 Å². The first-order chi connectivity index (χ1) is 9.27. The Hall–Kier alpha value is -1.56. The van der Waals surface area contributed by atoms with Crippen LogP contribution in [-0.4, -0.2) is 31.8 Å². The number of rotatable bonds is 7. The summed E-state index contributed by atoms with van der Waals surface area (Å²) in [7, 11) is -3.47. The lowest BCUT2D eigenvalue weighted by Crippen LogP contribution is -2.34. The van der Waals surface area contributed by atoms with Gasteiger partial charge in [-0.1, -0.05) is 26.0 Å². The summed E-state index contributed by atoms with van der Waals surface area (Å²) < 4.78 is 25.3. The van der Waals surface area contributed by atoms with E-state index in [1.165, 1.54) is 4.31 Å². The Bertz CT molecular complexity index is 549. The minimum absolute atomic E-state index is 0.0491. The number of anilines is 1. The molecule has 112 valence electrons. The summed E-state index contributed by atoms with van der Waals surface area (Å²) in [6.07, 6.45) is -0.217. The van der Waals surface area contributed by atoms with Gasteiger partial charge < -0.3 is 5.11 Å². The first-order valence-corrected chi connectivity index (χ1v) is 8.21. The normalized spacial score (nSPS) is 11.6. The Labute approximate surface area is 120 Å². The fourth-order valence-corrected chi connectivity index (χ4v) is 2.93. The third-order valence-corrected chi connectivity index (χ3v) is 4.87.